The average Bonchev–Trinajstić information content (AvgIpc) is 3.01. The van der Waals surface area contributed by atoms with E-state index in [2.05, 4.69) is 5.32 Å². The number of carbonyl (C=O) groups is 3. The van der Waals surface area contributed by atoms with E-state index in [-0.39, 0.29) is 17.3 Å². The van der Waals surface area contributed by atoms with Gasteiger partial charge < -0.3 is 40.0 Å². The van der Waals surface area contributed by atoms with Gasteiger partial charge in [0.15, 0.2) is 6.10 Å². The molecule has 2 aliphatic heterocycles. The second-order valence-corrected chi connectivity index (χ2v) is 11.3. The van der Waals surface area contributed by atoms with Crippen molar-refractivity contribution in [3.8, 4) is 0 Å². The number of halogens is 9. The quantitative estimate of drug-likeness (QED) is 0.205. The first kappa shape index (κ1) is 38.5. The van der Waals surface area contributed by atoms with E-state index in [1.807, 2.05) is 0 Å². The summed E-state index contributed by atoms with van der Waals surface area (Å²) in [4.78, 5) is 37.9. The van der Waals surface area contributed by atoms with Crippen molar-refractivity contribution in [2.75, 3.05) is 12.4 Å². The molecule has 0 aromatic heterocycles. The summed E-state index contributed by atoms with van der Waals surface area (Å²) in [6.07, 6.45) is -28.8. The molecule has 1 fully saturated rings. The van der Waals surface area contributed by atoms with E-state index in [1.165, 1.54) is 0 Å². The molecule has 5 N–H and O–H groups in total. The van der Waals surface area contributed by atoms with Crippen LogP contribution < -0.4 is 5.32 Å². The molecule has 2 aromatic rings. The predicted molar refractivity (Wildman–Crippen MR) is 146 cm³/mol. The number of aliphatic carboxylic acids is 1. The molecule has 12 nitrogen and oxygen atoms in total. The number of benzene rings is 2. The first-order valence-corrected chi connectivity index (χ1v) is 14.2. The zero-order valence-corrected chi connectivity index (χ0v) is 25.2. The predicted octanol–water partition coefficient (Wildman–Crippen LogP) is 4.06. The fraction of sp³-hybridized carbons (Fsp3) is 0.483. The molecule has 0 bridgehead atoms. The van der Waals surface area contributed by atoms with E-state index >= 15 is 0 Å². The molecule has 4 rings (SSSR count). The summed E-state index contributed by atoms with van der Waals surface area (Å²) >= 11 is 0. The van der Waals surface area contributed by atoms with Crippen LogP contribution >= 0.6 is 0 Å². The molecule has 0 aliphatic carbocycles. The third-order valence-corrected chi connectivity index (χ3v) is 7.86. The average molecular weight is 735 g/mol. The van der Waals surface area contributed by atoms with Crippen LogP contribution in [-0.4, -0.2) is 87.2 Å². The zero-order chi connectivity index (χ0) is 37.5. The van der Waals surface area contributed by atoms with E-state index in [9.17, 15) is 74.3 Å². The smallest absolute Gasteiger partial charge is 0.416 e. The Hall–Kier alpha value is -4.34. The number of aliphatic hydroxyl groups is 3. The molecule has 2 heterocycles. The lowest BCUT2D eigenvalue weighted by Gasteiger charge is -2.40. The highest BCUT2D eigenvalue weighted by Gasteiger charge is 2.49. The van der Waals surface area contributed by atoms with Crippen molar-refractivity contribution in [2.45, 2.75) is 80.7 Å². The third kappa shape index (κ3) is 8.50. The fourth-order valence-electron chi connectivity index (χ4n) is 5.51. The molecule has 2 aromatic carbocycles. The lowest BCUT2D eigenvalue weighted by atomic mass is 9.88. The number of aliphatic hydroxyl groups excluding tert-OH is 3. The number of carboxylic acids is 1. The number of fused-ring (bicyclic) bond motifs is 1. The van der Waals surface area contributed by atoms with Crippen LogP contribution in [0.3, 0.4) is 0 Å². The number of hydrogen-bond acceptors (Lipinski definition) is 10. The van der Waals surface area contributed by atoms with Gasteiger partial charge in [0, 0.05) is 18.3 Å². The monoisotopic (exact) mass is 734 g/mol. The Morgan fingerprint density at radius 2 is 1.44 bits per heavy atom. The van der Waals surface area contributed by atoms with Gasteiger partial charge in [0.05, 0.1) is 36.3 Å². The topological polar surface area (TPSA) is 175 Å². The molecular weight excluding hydrogens is 707 g/mol. The Morgan fingerprint density at radius 1 is 0.860 bits per heavy atom. The molecule has 1 saturated heterocycles. The van der Waals surface area contributed by atoms with Crippen molar-refractivity contribution in [2.24, 2.45) is 0 Å². The van der Waals surface area contributed by atoms with Gasteiger partial charge in [-0.2, -0.15) is 39.5 Å². The van der Waals surface area contributed by atoms with E-state index in [0.717, 1.165) is 13.2 Å². The Labute approximate surface area is 274 Å². The normalized spacial score (nSPS) is 25.6. The first-order valence-electron chi connectivity index (χ1n) is 14.2. The number of carbonyl (C=O) groups excluding carboxylic acids is 2. The van der Waals surface area contributed by atoms with Gasteiger partial charge in [-0.15, -0.1) is 0 Å². The maximum absolute atomic E-state index is 13.7. The molecule has 6 unspecified atom stereocenters. The highest BCUT2D eigenvalue weighted by atomic mass is 19.4. The Balaban J connectivity index is 1.70. The van der Waals surface area contributed by atoms with Gasteiger partial charge >= 0.3 is 36.6 Å². The van der Waals surface area contributed by atoms with E-state index < -0.39 is 121 Å². The molecule has 50 heavy (non-hydrogen) atoms. The number of carboxylic acid groups (broad SMARTS) is 1. The molecule has 21 heteroatoms. The number of nitrogens with zero attached hydrogens (tertiary/aromatic N) is 1. The van der Waals surface area contributed by atoms with Gasteiger partial charge in [0.2, 0.25) is 6.29 Å². The number of anilines is 1. The summed E-state index contributed by atoms with van der Waals surface area (Å²) in [6.45, 7) is -1.05. The maximum Gasteiger partial charge on any atom is 0.416 e. The largest absolute Gasteiger partial charge is 0.479 e. The lowest BCUT2D eigenvalue weighted by molar-refractivity contribution is -0.286. The number of amides is 1. The Morgan fingerprint density at radius 3 is 1.96 bits per heavy atom. The summed E-state index contributed by atoms with van der Waals surface area (Å²) in [5.41, 5.74) is -5.86. The second kappa shape index (κ2) is 14.1. The first-order chi connectivity index (χ1) is 23.0. The van der Waals surface area contributed by atoms with Crippen molar-refractivity contribution in [3.05, 3.63) is 64.2 Å². The van der Waals surface area contributed by atoms with Crippen LogP contribution in [0.5, 0.6) is 0 Å². The van der Waals surface area contributed by atoms with Crippen molar-refractivity contribution >= 4 is 23.7 Å². The number of alkyl halides is 9. The van der Waals surface area contributed by atoms with Crippen LogP contribution in [-0.2, 0) is 48.9 Å². The second-order valence-electron chi connectivity index (χ2n) is 11.3. The third-order valence-electron chi connectivity index (χ3n) is 7.86. The molecule has 276 valence electrons. The van der Waals surface area contributed by atoms with Gasteiger partial charge in [-0.3, -0.25) is 9.69 Å². The molecule has 0 radical (unpaired) electrons. The Bertz CT molecular complexity index is 1570. The molecule has 7 atom stereocenters. The van der Waals surface area contributed by atoms with E-state index in [1.54, 1.807) is 0 Å². The van der Waals surface area contributed by atoms with Gasteiger partial charge in [-0.1, -0.05) is 0 Å². The summed E-state index contributed by atoms with van der Waals surface area (Å²) < 4.78 is 137. The summed E-state index contributed by atoms with van der Waals surface area (Å²) in [6, 6.07) is -0.189. The van der Waals surface area contributed by atoms with E-state index in [0.29, 0.717) is 29.2 Å². The highest BCUT2D eigenvalue weighted by molar-refractivity contribution is 5.74. The molecule has 1 amide bonds. The van der Waals surface area contributed by atoms with Crippen molar-refractivity contribution in [1.29, 1.82) is 0 Å². The van der Waals surface area contributed by atoms with Gasteiger partial charge in [0.25, 0.3) is 0 Å². The van der Waals surface area contributed by atoms with Crippen molar-refractivity contribution in [3.63, 3.8) is 0 Å². The molecular formula is C29H27F9N2O10. The molecule has 0 saturated carbocycles. The molecule has 0 spiro atoms. The summed E-state index contributed by atoms with van der Waals surface area (Å²) in [7, 11) is 0.802. The number of rotatable bonds is 7. The fourth-order valence-corrected chi connectivity index (χ4v) is 5.51. The van der Waals surface area contributed by atoms with Crippen molar-refractivity contribution < 1.29 is 88.5 Å². The minimum absolute atomic E-state index is 0.139. The minimum atomic E-state index is -5.27. The molecule has 2 aliphatic rings. The van der Waals surface area contributed by atoms with Gasteiger partial charge in [0.1, 0.15) is 18.3 Å². The van der Waals surface area contributed by atoms with Crippen molar-refractivity contribution in [1.82, 2.24) is 4.90 Å². The van der Waals surface area contributed by atoms with Gasteiger partial charge in [-0.25, -0.2) is 9.59 Å². The Kier molecular flexibility index (Phi) is 10.9. The standard InChI is InChI=1S/C29H27F9N2O10/c1-48-26(47)40(10-11-4-13(28(33,34)35)6-14(5-11)29(36,37)38)18-8-15(39-17-3-2-12(7-16(17)18)27(30,31)32)9-19(41)49-25-22(44)20(42)21(43)23(50-25)24(45)46/h2-7,15,18,20-23,25,39,42-44H,8-10H2,1H3,(H,45,46)/t15-,18?,20?,21?,22?,23?,25?/m0/s1. The summed E-state index contributed by atoms with van der Waals surface area (Å²) in [5, 5.41) is 41.9. The van der Waals surface area contributed by atoms with Crippen LogP contribution in [0.2, 0.25) is 0 Å². The number of methoxy groups -OCH3 is 1. The van der Waals surface area contributed by atoms with Crippen LogP contribution in [0.4, 0.5) is 50.0 Å². The number of hydrogen-bond donors (Lipinski definition) is 5. The lowest BCUT2D eigenvalue weighted by Crippen LogP contribution is -2.60. The van der Waals surface area contributed by atoms with Crippen LogP contribution in [0.15, 0.2) is 36.4 Å². The van der Waals surface area contributed by atoms with Gasteiger partial charge in [-0.05, 0) is 53.9 Å². The highest BCUT2D eigenvalue weighted by Crippen LogP contribution is 2.43. The minimum Gasteiger partial charge on any atom is -0.479 e. The van der Waals surface area contributed by atoms with E-state index in [4.69, 9.17) is 14.2 Å². The number of nitrogens with one attached hydrogen (secondary N) is 1. The SMILES string of the molecule is COC(=O)N(Cc1cc(C(F)(F)F)cc(C(F)(F)F)c1)C1C[C@@H](CC(=O)OC2OC(C(=O)O)C(O)C(O)C2O)Nc2ccc(C(F)(F)F)cc21. The number of esters is 1. The number of ether oxygens (including phenoxy) is 3. The van der Waals surface area contributed by atoms with Crippen LogP contribution in [0, 0.1) is 0 Å². The van der Waals surface area contributed by atoms with Crippen LogP contribution in [0.25, 0.3) is 0 Å². The summed E-state index contributed by atoms with van der Waals surface area (Å²) in [5.74, 6) is -3.06. The van der Waals surface area contributed by atoms with Crippen LogP contribution in [0.1, 0.15) is 46.7 Å². The maximum atomic E-state index is 13.7. The zero-order valence-electron chi connectivity index (χ0n) is 25.2.